The van der Waals surface area contributed by atoms with Gasteiger partial charge < -0.3 is 14.2 Å². The molecule has 5 nitrogen and oxygen atoms in total. The molecule has 0 atom stereocenters. The van der Waals surface area contributed by atoms with Crippen LogP contribution < -0.4 is 4.74 Å². The van der Waals surface area contributed by atoms with Gasteiger partial charge in [-0.15, -0.1) is 0 Å². The summed E-state index contributed by atoms with van der Waals surface area (Å²) in [6.07, 6.45) is 0. The molecule has 0 saturated carbocycles. The second-order valence-corrected chi connectivity index (χ2v) is 5.30. The SMILES string of the molecule is CCOC(=O)COCC(=O)Oc1c(Cl)cc(Cl)c2ccccc12. The molecule has 0 saturated heterocycles. The third-order valence-corrected chi connectivity index (χ3v) is 3.45. The van der Waals surface area contributed by atoms with Crippen molar-refractivity contribution in [2.75, 3.05) is 19.8 Å². The van der Waals surface area contributed by atoms with Crippen molar-refractivity contribution < 1.29 is 23.8 Å². The minimum Gasteiger partial charge on any atom is -0.464 e. The Hall–Kier alpha value is -1.82. The van der Waals surface area contributed by atoms with Crippen LogP contribution in [0.2, 0.25) is 10.0 Å². The Bertz CT molecular complexity index is 730. The first-order valence-electron chi connectivity index (χ1n) is 6.83. The molecule has 0 aliphatic carbocycles. The number of esters is 2. The molecule has 0 N–H and O–H groups in total. The molecule has 0 spiro atoms. The maximum atomic E-state index is 11.8. The molecule has 0 heterocycles. The number of benzene rings is 2. The first kappa shape index (κ1) is 17.5. The molecule has 0 aliphatic heterocycles. The number of ether oxygens (including phenoxy) is 3. The van der Waals surface area contributed by atoms with Gasteiger partial charge in [-0.05, 0) is 13.0 Å². The summed E-state index contributed by atoms with van der Waals surface area (Å²) >= 11 is 12.2. The van der Waals surface area contributed by atoms with Crippen LogP contribution in [0.15, 0.2) is 30.3 Å². The summed E-state index contributed by atoms with van der Waals surface area (Å²) in [6, 6.07) is 8.64. The number of hydrogen-bond acceptors (Lipinski definition) is 5. The van der Waals surface area contributed by atoms with Crippen LogP contribution in [-0.2, 0) is 19.1 Å². The van der Waals surface area contributed by atoms with Gasteiger partial charge in [0.1, 0.15) is 13.2 Å². The third kappa shape index (κ3) is 4.58. The van der Waals surface area contributed by atoms with Crippen LogP contribution in [0.1, 0.15) is 6.92 Å². The highest BCUT2D eigenvalue weighted by atomic mass is 35.5. The van der Waals surface area contributed by atoms with Crippen molar-refractivity contribution in [3.05, 3.63) is 40.4 Å². The van der Waals surface area contributed by atoms with E-state index in [9.17, 15) is 9.59 Å². The molecule has 2 aromatic rings. The van der Waals surface area contributed by atoms with Crippen molar-refractivity contribution in [1.82, 2.24) is 0 Å². The van der Waals surface area contributed by atoms with Crippen LogP contribution in [0.4, 0.5) is 0 Å². The zero-order valence-electron chi connectivity index (χ0n) is 12.3. The Labute approximate surface area is 143 Å². The van der Waals surface area contributed by atoms with Crippen molar-refractivity contribution in [3.63, 3.8) is 0 Å². The normalized spacial score (nSPS) is 10.6. The smallest absolute Gasteiger partial charge is 0.337 e. The number of fused-ring (bicyclic) bond motifs is 1. The van der Waals surface area contributed by atoms with Crippen LogP contribution in [-0.4, -0.2) is 31.8 Å². The average molecular weight is 357 g/mol. The Kier molecular flexibility index (Phi) is 6.21. The lowest BCUT2D eigenvalue weighted by molar-refractivity contribution is -0.151. The predicted octanol–water partition coefficient (Wildman–Crippen LogP) is 3.63. The van der Waals surface area contributed by atoms with Crippen molar-refractivity contribution in [3.8, 4) is 5.75 Å². The molecule has 0 bridgehead atoms. The number of hydrogen-bond donors (Lipinski definition) is 0. The number of carbonyl (C=O) groups excluding carboxylic acids is 2. The van der Waals surface area contributed by atoms with Crippen LogP contribution in [0.5, 0.6) is 5.75 Å². The van der Waals surface area contributed by atoms with E-state index in [1.54, 1.807) is 25.1 Å². The van der Waals surface area contributed by atoms with E-state index in [2.05, 4.69) is 4.74 Å². The van der Waals surface area contributed by atoms with Crippen LogP contribution in [0.3, 0.4) is 0 Å². The maximum absolute atomic E-state index is 11.8. The van der Waals surface area contributed by atoms with Gasteiger partial charge in [-0.25, -0.2) is 9.59 Å². The fraction of sp³-hybridized carbons (Fsp3) is 0.250. The predicted molar refractivity (Wildman–Crippen MR) is 87.1 cm³/mol. The lowest BCUT2D eigenvalue weighted by Crippen LogP contribution is -2.20. The van der Waals surface area contributed by atoms with Crippen molar-refractivity contribution in [2.45, 2.75) is 6.92 Å². The Morgan fingerprint density at radius 1 is 1.00 bits per heavy atom. The van der Waals surface area contributed by atoms with E-state index in [1.807, 2.05) is 6.07 Å². The first-order valence-corrected chi connectivity index (χ1v) is 7.59. The standard InChI is InChI=1S/C16H14Cl2O5/c1-2-22-14(19)8-21-9-15(20)23-16-11-6-4-3-5-10(11)12(17)7-13(16)18/h3-7H,2,8-9H2,1H3. The summed E-state index contributed by atoms with van der Waals surface area (Å²) in [5.41, 5.74) is 0. The van der Waals surface area contributed by atoms with E-state index in [0.29, 0.717) is 15.8 Å². The molecule has 7 heteroatoms. The molecular formula is C16H14Cl2O5. The van der Waals surface area contributed by atoms with Gasteiger partial charge in [0, 0.05) is 10.8 Å². The van der Waals surface area contributed by atoms with Gasteiger partial charge in [-0.3, -0.25) is 0 Å². The fourth-order valence-electron chi connectivity index (χ4n) is 1.94. The quantitative estimate of drug-likeness (QED) is 0.584. The minimum absolute atomic E-state index is 0.205. The number of halogens is 2. The monoisotopic (exact) mass is 356 g/mol. The second kappa shape index (κ2) is 8.15. The summed E-state index contributed by atoms with van der Waals surface area (Å²) in [7, 11) is 0. The van der Waals surface area contributed by atoms with Crippen LogP contribution >= 0.6 is 23.2 Å². The average Bonchev–Trinajstić information content (AvgIpc) is 2.52. The lowest BCUT2D eigenvalue weighted by atomic mass is 10.1. The summed E-state index contributed by atoms with van der Waals surface area (Å²) in [5, 5.41) is 2.01. The van der Waals surface area contributed by atoms with Crippen molar-refractivity contribution in [1.29, 1.82) is 0 Å². The molecule has 0 aliphatic rings. The topological polar surface area (TPSA) is 61.8 Å². The van der Waals surface area contributed by atoms with Gasteiger partial charge in [0.15, 0.2) is 5.75 Å². The fourth-order valence-corrected chi connectivity index (χ4v) is 2.52. The molecule has 0 aromatic heterocycles. The molecular weight excluding hydrogens is 343 g/mol. The first-order chi connectivity index (χ1) is 11.0. The summed E-state index contributed by atoms with van der Waals surface area (Å²) in [5.74, 6) is -1.02. The highest BCUT2D eigenvalue weighted by molar-refractivity contribution is 6.40. The van der Waals surface area contributed by atoms with Gasteiger partial charge >= 0.3 is 11.9 Å². The zero-order chi connectivity index (χ0) is 16.8. The maximum Gasteiger partial charge on any atom is 0.337 e. The van der Waals surface area contributed by atoms with Crippen LogP contribution in [0, 0.1) is 0 Å². The van der Waals surface area contributed by atoms with Gasteiger partial charge in [-0.1, -0.05) is 47.5 Å². The van der Waals surface area contributed by atoms with E-state index in [-0.39, 0.29) is 24.0 Å². The summed E-state index contributed by atoms with van der Waals surface area (Å²) in [4.78, 5) is 23.0. The highest BCUT2D eigenvalue weighted by Crippen LogP contribution is 2.38. The van der Waals surface area contributed by atoms with Gasteiger partial charge in [0.25, 0.3) is 0 Å². The van der Waals surface area contributed by atoms with Gasteiger partial charge in [0.2, 0.25) is 0 Å². The van der Waals surface area contributed by atoms with Gasteiger partial charge in [-0.2, -0.15) is 0 Å². The Morgan fingerprint density at radius 2 is 1.65 bits per heavy atom. The molecule has 23 heavy (non-hydrogen) atoms. The third-order valence-electron chi connectivity index (χ3n) is 2.86. The van der Waals surface area contributed by atoms with Crippen LogP contribution in [0.25, 0.3) is 10.8 Å². The highest BCUT2D eigenvalue weighted by Gasteiger charge is 2.15. The summed E-state index contributed by atoms with van der Waals surface area (Å²) < 4.78 is 14.9. The van der Waals surface area contributed by atoms with Crippen molar-refractivity contribution in [2.24, 2.45) is 0 Å². The Balaban J connectivity index is 2.07. The molecule has 0 fully saturated rings. The molecule has 0 radical (unpaired) electrons. The molecule has 2 rings (SSSR count). The van der Waals surface area contributed by atoms with E-state index < -0.39 is 18.5 Å². The number of rotatable bonds is 6. The number of carbonyl (C=O) groups is 2. The zero-order valence-corrected chi connectivity index (χ0v) is 13.8. The van der Waals surface area contributed by atoms with E-state index in [4.69, 9.17) is 32.7 Å². The largest absolute Gasteiger partial charge is 0.464 e. The molecule has 2 aromatic carbocycles. The van der Waals surface area contributed by atoms with E-state index >= 15 is 0 Å². The van der Waals surface area contributed by atoms with Gasteiger partial charge in [0.05, 0.1) is 16.7 Å². The molecule has 0 unspecified atom stereocenters. The molecule has 122 valence electrons. The second-order valence-electron chi connectivity index (χ2n) is 4.49. The Morgan fingerprint density at radius 3 is 2.35 bits per heavy atom. The minimum atomic E-state index is -0.677. The van der Waals surface area contributed by atoms with Crippen molar-refractivity contribution >= 4 is 45.9 Å². The van der Waals surface area contributed by atoms with E-state index in [0.717, 1.165) is 0 Å². The summed E-state index contributed by atoms with van der Waals surface area (Å²) in [6.45, 7) is 1.21. The van der Waals surface area contributed by atoms with E-state index in [1.165, 1.54) is 6.07 Å². The lowest BCUT2D eigenvalue weighted by Gasteiger charge is -2.11. The molecule has 0 amide bonds.